The van der Waals surface area contributed by atoms with Crippen molar-refractivity contribution < 1.29 is 14.6 Å². The highest BCUT2D eigenvalue weighted by molar-refractivity contribution is 5.66. The van der Waals surface area contributed by atoms with Gasteiger partial charge in [0.2, 0.25) is 0 Å². The third-order valence-corrected chi connectivity index (χ3v) is 4.02. The second-order valence-electron chi connectivity index (χ2n) is 5.38. The maximum absolute atomic E-state index is 10.5. The van der Waals surface area contributed by atoms with E-state index in [2.05, 4.69) is 9.80 Å². The number of methoxy groups -OCH3 is 1. The van der Waals surface area contributed by atoms with Crippen molar-refractivity contribution in [3.63, 3.8) is 0 Å². The van der Waals surface area contributed by atoms with Gasteiger partial charge in [0, 0.05) is 45.9 Å². The molecule has 5 heteroatoms. The van der Waals surface area contributed by atoms with E-state index < -0.39 is 5.97 Å². The highest BCUT2D eigenvalue weighted by Crippen LogP contribution is 2.35. The molecule has 1 unspecified atom stereocenters. The summed E-state index contributed by atoms with van der Waals surface area (Å²) in [6, 6.07) is 0.580. The lowest BCUT2D eigenvalue weighted by Gasteiger charge is -2.39. The van der Waals surface area contributed by atoms with Crippen molar-refractivity contribution >= 4 is 5.97 Å². The number of aliphatic carboxylic acids is 1. The zero-order chi connectivity index (χ0) is 13.0. The minimum Gasteiger partial charge on any atom is -0.481 e. The van der Waals surface area contributed by atoms with Crippen molar-refractivity contribution in [2.45, 2.75) is 25.3 Å². The molecule has 0 spiro atoms. The van der Waals surface area contributed by atoms with Crippen molar-refractivity contribution in [2.24, 2.45) is 5.92 Å². The Hall–Kier alpha value is -0.650. The van der Waals surface area contributed by atoms with Crippen molar-refractivity contribution in [2.75, 3.05) is 46.4 Å². The molecule has 0 radical (unpaired) electrons. The predicted octanol–water partition coefficient (Wildman–Crippen LogP) is 0.504. The average molecular weight is 256 g/mol. The largest absolute Gasteiger partial charge is 0.481 e. The van der Waals surface area contributed by atoms with Gasteiger partial charge in [-0.2, -0.15) is 0 Å². The topological polar surface area (TPSA) is 53.0 Å². The van der Waals surface area contributed by atoms with Gasteiger partial charge < -0.3 is 14.7 Å². The average Bonchev–Trinajstić information content (AvgIpc) is 3.18. The lowest BCUT2D eigenvalue weighted by molar-refractivity contribution is -0.137. The summed E-state index contributed by atoms with van der Waals surface area (Å²) in [6.45, 7) is 5.58. The van der Waals surface area contributed by atoms with Gasteiger partial charge in [-0.1, -0.05) is 0 Å². The highest BCUT2D eigenvalue weighted by Gasteiger charge is 2.36. The highest BCUT2D eigenvalue weighted by atomic mass is 16.5. The summed E-state index contributed by atoms with van der Waals surface area (Å²) in [6.07, 6.45) is 2.94. The number of carboxylic acid groups (broad SMARTS) is 1. The molecule has 0 bridgehead atoms. The second kappa shape index (κ2) is 6.50. The zero-order valence-corrected chi connectivity index (χ0v) is 11.2. The van der Waals surface area contributed by atoms with Gasteiger partial charge in [0.1, 0.15) is 0 Å². The van der Waals surface area contributed by atoms with E-state index in [9.17, 15) is 4.79 Å². The number of hydrogen-bond donors (Lipinski definition) is 1. The maximum atomic E-state index is 10.5. The van der Waals surface area contributed by atoms with Gasteiger partial charge in [0.05, 0.1) is 13.0 Å². The van der Waals surface area contributed by atoms with E-state index in [4.69, 9.17) is 9.84 Å². The van der Waals surface area contributed by atoms with Crippen LogP contribution in [0.3, 0.4) is 0 Å². The maximum Gasteiger partial charge on any atom is 0.304 e. The number of nitrogens with zero attached hydrogens (tertiary/aromatic N) is 2. The van der Waals surface area contributed by atoms with Gasteiger partial charge in [0.15, 0.2) is 0 Å². The Bertz CT molecular complexity index is 273. The van der Waals surface area contributed by atoms with Crippen LogP contribution in [-0.4, -0.2) is 73.4 Å². The van der Waals surface area contributed by atoms with Crippen LogP contribution in [0.1, 0.15) is 19.3 Å². The lowest BCUT2D eigenvalue weighted by atomic mass is 10.1. The van der Waals surface area contributed by atoms with Crippen LogP contribution in [0.4, 0.5) is 0 Å². The van der Waals surface area contributed by atoms with Crippen LogP contribution in [0.15, 0.2) is 0 Å². The van der Waals surface area contributed by atoms with Crippen molar-refractivity contribution in [3.8, 4) is 0 Å². The Balaban J connectivity index is 1.72. The molecule has 1 saturated carbocycles. The number of carbonyl (C=O) groups is 1. The third kappa shape index (κ3) is 3.93. The standard InChI is InChI=1S/C13H24N2O3/c1-18-10-12(11-2-3-11)15-8-6-14(7-9-15)5-4-13(16)17/h11-12H,2-10H2,1H3,(H,16,17). The minimum absolute atomic E-state index is 0.254. The van der Waals surface area contributed by atoms with Gasteiger partial charge in [-0.05, 0) is 18.8 Å². The lowest BCUT2D eigenvalue weighted by Crippen LogP contribution is -2.52. The molecule has 1 aliphatic heterocycles. The molecule has 5 nitrogen and oxygen atoms in total. The van der Waals surface area contributed by atoms with Crippen LogP contribution in [0, 0.1) is 5.92 Å². The molecular weight excluding hydrogens is 232 g/mol. The summed E-state index contributed by atoms with van der Waals surface area (Å²) < 4.78 is 5.33. The quantitative estimate of drug-likeness (QED) is 0.719. The summed E-state index contributed by atoms with van der Waals surface area (Å²) in [5, 5.41) is 8.68. The van der Waals surface area contributed by atoms with E-state index in [1.165, 1.54) is 12.8 Å². The zero-order valence-electron chi connectivity index (χ0n) is 11.2. The number of ether oxygens (including phenoxy) is 1. The number of hydrogen-bond acceptors (Lipinski definition) is 4. The van der Waals surface area contributed by atoms with Crippen LogP contribution < -0.4 is 0 Å². The summed E-state index contributed by atoms with van der Waals surface area (Å²) in [4.78, 5) is 15.3. The summed E-state index contributed by atoms with van der Waals surface area (Å²) in [7, 11) is 1.78. The molecule has 1 aliphatic carbocycles. The van der Waals surface area contributed by atoms with Crippen LogP contribution in [0.5, 0.6) is 0 Å². The number of rotatable bonds is 7. The first-order valence-corrected chi connectivity index (χ1v) is 6.88. The molecule has 1 saturated heterocycles. The fraction of sp³-hybridized carbons (Fsp3) is 0.923. The van der Waals surface area contributed by atoms with Crippen LogP contribution in [0.25, 0.3) is 0 Å². The third-order valence-electron chi connectivity index (χ3n) is 4.02. The van der Waals surface area contributed by atoms with Crippen molar-refractivity contribution in [3.05, 3.63) is 0 Å². The molecule has 0 aromatic rings. The molecule has 104 valence electrons. The van der Waals surface area contributed by atoms with Gasteiger partial charge in [-0.15, -0.1) is 0 Å². The van der Waals surface area contributed by atoms with E-state index in [1.54, 1.807) is 7.11 Å². The fourth-order valence-corrected chi connectivity index (χ4v) is 2.76. The molecule has 18 heavy (non-hydrogen) atoms. The normalized spacial score (nSPS) is 24.1. The smallest absolute Gasteiger partial charge is 0.304 e. The molecule has 1 N–H and O–H groups in total. The van der Waals surface area contributed by atoms with E-state index in [-0.39, 0.29) is 6.42 Å². The molecule has 2 rings (SSSR count). The minimum atomic E-state index is -0.701. The molecule has 2 aliphatic rings. The van der Waals surface area contributed by atoms with E-state index in [0.717, 1.165) is 38.7 Å². The van der Waals surface area contributed by atoms with E-state index in [1.807, 2.05) is 0 Å². The van der Waals surface area contributed by atoms with Gasteiger partial charge in [-0.25, -0.2) is 0 Å². The first-order valence-electron chi connectivity index (χ1n) is 6.88. The fourth-order valence-electron chi connectivity index (χ4n) is 2.76. The van der Waals surface area contributed by atoms with Crippen molar-refractivity contribution in [1.29, 1.82) is 0 Å². The molecule has 1 atom stereocenters. The Morgan fingerprint density at radius 3 is 2.50 bits per heavy atom. The Morgan fingerprint density at radius 2 is 2.00 bits per heavy atom. The van der Waals surface area contributed by atoms with Gasteiger partial charge >= 0.3 is 5.97 Å². The Labute approximate surface area is 109 Å². The molecule has 1 heterocycles. The predicted molar refractivity (Wildman–Crippen MR) is 68.7 cm³/mol. The van der Waals surface area contributed by atoms with Crippen LogP contribution in [-0.2, 0) is 9.53 Å². The summed E-state index contributed by atoms with van der Waals surface area (Å²) in [5.74, 6) is 0.128. The van der Waals surface area contributed by atoms with E-state index >= 15 is 0 Å². The molecular formula is C13H24N2O3. The van der Waals surface area contributed by atoms with Crippen molar-refractivity contribution in [1.82, 2.24) is 9.80 Å². The molecule has 0 aromatic heterocycles. The molecule has 2 fully saturated rings. The van der Waals surface area contributed by atoms with Crippen LogP contribution >= 0.6 is 0 Å². The monoisotopic (exact) mass is 256 g/mol. The number of carboxylic acids is 1. The number of piperazine rings is 1. The summed E-state index contributed by atoms with van der Waals surface area (Å²) >= 11 is 0. The first kappa shape index (κ1) is 13.8. The van der Waals surface area contributed by atoms with Crippen LogP contribution in [0.2, 0.25) is 0 Å². The van der Waals surface area contributed by atoms with Gasteiger partial charge in [-0.3, -0.25) is 9.69 Å². The SMILES string of the molecule is COCC(C1CC1)N1CCN(CCC(=O)O)CC1. The van der Waals surface area contributed by atoms with Gasteiger partial charge in [0.25, 0.3) is 0 Å². The Morgan fingerprint density at radius 1 is 1.33 bits per heavy atom. The Kier molecular flexibility index (Phi) is 4.97. The molecule has 0 amide bonds. The van der Waals surface area contributed by atoms with E-state index in [0.29, 0.717) is 12.6 Å². The first-order chi connectivity index (χ1) is 8.70. The second-order valence-corrected chi connectivity index (χ2v) is 5.38. The molecule has 0 aromatic carbocycles. The summed E-state index contributed by atoms with van der Waals surface area (Å²) in [5.41, 5.74) is 0.